The van der Waals surface area contributed by atoms with E-state index in [1.165, 1.54) is 30.6 Å². The van der Waals surface area contributed by atoms with Crippen molar-refractivity contribution in [2.75, 3.05) is 29.5 Å². The molecule has 0 aliphatic rings. The van der Waals surface area contributed by atoms with Crippen molar-refractivity contribution in [3.63, 3.8) is 0 Å². The first-order valence-electron chi connectivity index (χ1n) is 13.8. The number of benzene rings is 3. The predicted molar refractivity (Wildman–Crippen MR) is 170 cm³/mol. The maximum Gasteiger partial charge on any atom is 0.324 e. The van der Waals surface area contributed by atoms with E-state index in [2.05, 4.69) is 10.0 Å². The Kier molecular flexibility index (Phi) is 9.52. The summed E-state index contributed by atoms with van der Waals surface area (Å²) in [6, 6.07) is 17.2. The minimum atomic E-state index is -3.97. The van der Waals surface area contributed by atoms with Gasteiger partial charge in [-0.2, -0.15) is 4.72 Å². The largest absolute Gasteiger partial charge is 0.468 e. The van der Waals surface area contributed by atoms with Crippen LogP contribution in [-0.4, -0.2) is 54.7 Å². The standard InChI is InChI=1S/C31H35N3O8S2/c1-7-43(37,38)34(5)25-9-8-10-26-27(25)20(4)29(42-26)30(35)32-23-15-11-21(12-16-23)22-13-17-24(18-14-22)44(39,40)33-28(19(2)3)31(36)41-6/h8-19,28,33H,7H2,1-6H3,(H,32,35). The molecule has 0 aliphatic carbocycles. The predicted octanol–water partition coefficient (Wildman–Crippen LogP) is 4.92. The summed E-state index contributed by atoms with van der Waals surface area (Å²) in [6.45, 7) is 6.70. The normalized spacial score (nSPS) is 12.7. The Morgan fingerprint density at radius 1 is 0.932 bits per heavy atom. The summed E-state index contributed by atoms with van der Waals surface area (Å²) >= 11 is 0. The van der Waals surface area contributed by atoms with Crippen LogP contribution in [0.3, 0.4) is 0 Å². The van der Waals surface area contributed by atoms with Crippen molar-refractivity contribution in [1.82, 2.24) is 4.72 Å². The van der Waals surface area contributed by atoms with E-state index in [4.69, 9.17) is 9.15 Å². The number of methoxy groups -OCH3 is 1. The smallest absolute Gasteiger partial charge is 0.324 e. The third kappa shape index (κ3) is 6.64. The molecule has 1 unspecified atom stereocenters. The molecule has 13 heteroatoms. The van der Waals surface area contributed by atoms with Crippen LogP contribution in [0, 0.1) is 12.8 Å². The molecular formula is C31H35N3O8S2. The van der Waals surface area contributed by atoms with Gasteiger partial charge < -0.3 is 14.5 Å². The molecule has 4 aromatic rings. The molecule has 1 aromatic heterocycles. The summed E-state index contributed by atoms with van der Waals surface area (Å²) in [6.07, 6.45) is 0. The Hall–Kier alpha value is -4.20. The van der Waals surface area contributed by atoms with Crippen LogP contribution >= 0.6 is 0 Å². The van der Waals surface area contributed by atoms with Crippen molar-refractivity contribution >= 4 is 54.3 Å². The maximum atomic E-state index is 13.2. The van der Waals surface area contributed by atoms with Gasteiger partial charge in [-0.3, -0.25) is 13.9 Å². The number of esters is 1. The number of fused-ring (bicyclic) bond motifs is 1. The minimum Gasteiger partial charge on any atom is -0.468 e. The average Bonchev–Trinajstić information content (AvgIpc) is 3.36. The summed E-state index contributed by atoms with van der Waals surface area (Å²) in [4.78, 5) is 25.2. The first-order valence-corrected chi connectivity index (χ1v) is 16.9. The van der Waals surface area contributed by atoms with E-state index in [0.717, 1.165) is 11.1 Å². The van der Waals surface area contributed by atoms with Crippen LogP contribution in [-0.2, 0) is 29.6 Å². The Bertz CT molecular complexity index is 1900. The van der Waals surface area contributed by atoms with Gasteiger partial charge in [-0.15, -0.1) is 0 Å². The first kappa shape index (κ1) is 32.7. The highest BCUT2D eigenvalue weighted by atomic mass is 32.2. The van der Waals surface area contributed by atoms with Crippen LogP contribution in [0.4, 0.5) is 11.4 Å². The molecule has 0 spiro atoms. The summed E-state index contributed by atoms with van der Waals surface area (Å²) in [7, 11) is -4.83. The molecule has 0 aliphatic heterocycles. The average molecular weight is 642 g/mol. The van der Waals surface area contributed by atoms with Crippen molar-refractivity contribution < 1.29 is 35.6 Å². The number of hydrogen-bond acceptors (Lipinski definition) is 8. The van der Waals surface area contributed by atoms with E-state index < -0.39 is 38.0 Å². The molecule has 3 aromatic carbocycles. The number of rotatable bonds is 11. The van der Waals surface area contributed by atoms with Crippen molar-refractivity contribution in [1.29, 1.82) is 0 Å². The van der Waals surface area contributed by atoms with Crippen molar-refractivity contribution in [2.24, 2.45) is 5.92 Å². The van der Waals surface area contributed by atoms with Gasteiger partial charge in [0.2, 0.25) is 20.0 Å². The number of amides is 1. The van der Waals surface area contributed by atoms with Crippen LogP contribution in [0.2, 0.25) is 0 Å². The number of ether oxygens (including phenoxy) is 1. The summed E-state index contributed by atoms with van der Waals surface area (Å²) < 4.78 is 64.9. The summed E-state index contributed by atoms with van der Waals surface area (Å²) in [5.41, 5.74) is 3.34. The Morgan fingerprint density at radius 2 is 1.52 bits per heavy atom. The van der Waals surface area contributed by atoms with Crippen LogP contribution in [0.1, 0.15) is 36.9 Å². The van der Waals surface area contributed by atoms with E-state index in [0.29, 0.717) is 27.9 Å². The van der Waals surface area contributed by atoms with Gasteiger partial charge in [0.25, 0.3) is 5.91 Å². The van der Waals surface area contributed by atoms with Crippen LogP contribution in [0.5, 0.6) is 0 Å². The number of nitrogens with zero attached hydrogens (tertiary/aromatic N) is 1. The topological polar surface area (TPSA) is 152 Å². The van der Waals surface area contributed by atoms with E-state index in [1.54, 1.807) is 82.3 Å². The maximum absolute atomic E-state index is 13.2. The van der Waals surface area contributed by atoms with Gasteiger partial charge in [0.15, 0.2) is 5.76 Å². The zero-order valence-corrected chi connectivity index (χ0v) is 26.9. The van der Waals surface area contributed by atoms with Crippen molar-refractivity contribution in [2.45, 2.75) is 38.6 Å². The van der Waals surface area contributed by atoms with Gasteiger partial charge in [-0.05, 0) is 67.3 Å². The SMILES string of the molecule is CCS(=O)(=O)N(C)c1cccc2oc(C(=O)Nc3ccc(-c4ccc(S(=O)(=O)NC(C(=O)OC)C(C)C)cc4)cc3)c(C)c12. The molecule has 1 atom stereocenters. The molecule has 1 amide bonds. The lowest BCUT2D eigenvalue weighted by atomic mass is 10.1. The molecular weight excluding hydrogens is 606 g/mol. The third-order valence-corrected chi connectivity index (χ3v) is 10.5. The molecule has 1 heterocycles. The summed E-state index contributed by atoms with van der Waals surface area (Å²) in [5, 5.41) is 3.35. The van der Waals surface area contributed by atoms with Crippen LogP contribution < -0.4 is 14.3 Å². The van der Waals surface area contributed by atoms with Gasteiger partial charge in [0.05, 0.1) is 23.4 Å². The third-order valence-electron chi connectivity index (χ3n) is 7.30. The molecule has 0 fully saturated rings. The Balaban J connectivity index is 1.51. The Morgan fingerprint density at radius 3 is 2.07 bits per heavy atom. The van der Waals surface area contributed by atoms with Gasteiger partial charge in [-0.25, -0.2) is 16.8 Å². The molecule has 44 heavy (non-hydrogen) atoms. The van der Waals surface area contributed by atoms with Crippen LogP contribution in [0.25, 0.3) is 22.1 Å². The number of carbonyl (C=O) groups is 2. The minimum absolute atomic E-state index is 0.00235. The molecule has 0 saturated carbocycles. The van der Waals surface area contributed by atoms with Crippen molar-refractivity contribution in [3.05, 3.63) is 78.1 Å². The van der Waals surface area contributed by atoms with E-state index >= 15 is 0 Å². The highest BCUT2D eigenvalue weighted by molar-refractivity contribution is 7.92. The van der Waals surface area contributed by atoms with E-state index in [1.807, 2.05) is 0 Å². The second kappa shape index (κ2) is 12.8. The molecule has 2 N–H and O–H groups in total. The Labute approximate surface area is 257 Å². The second-order valence-corrected chi connectivity index (χ2v) is 14.5. The molecule has 0 saturated heterocycles. The fourth-order valence-corrected chi connectivity index (χ4v) is 6.86. The first-order chi connectivity index (χ1) is 20.7. The van der Waals surface area contributed by atoms with Gasteiger partial charge >= 0.3 is 5.97 Å². The quantitative estimate of drug-likeness (QED) is 0.219. The van der Waals surface area contributed by atoms with E-state index in [-0.39, 0.29) is 22.3 Å². The molecule has 0 bridgehead atoms. The number of carbonyl (C=O) groups excluding carboxylic acids is 2. The molecule has 0 radical (unpaired) electrons. The zero-order valence-electron chi connectivity index (χ0n) is 25.2. The summed E-state index contributed by atoms with van der Waals surface area (Å²) in [5.74, 6) is -1.47. The number of aryl methyl sites for hydroxylation is 1. The molecule has 234 valence electrons. The zero-order chi connectivity index (χ0) is 32.4. The highest BCUT2D eigenvalue weighted by Crippen LogP contribution is 2.35. The molecule has 11 nitrogen and oxygen atoms in total. The van der Waals surface area contributed by atoms with Gasteiger partial charge in [0, 0.05) is 23.7 Å². The van der Waals surface area contributed by atoms with Gasteiger partial charge in [0.1, 0.15) is 11.6 Å². The lowest BCUT2D eigenvalue weighted by Crippen LogP contribution is -2.44. The van der Waals surface area contributed by atoms with E-state index in [9.17, 15) is 26.4 Å². The fraction of sp³-hybridized carbons (Fsp3) is 0.290. The van der Waals surface area contributed by atoms with Gasteiger partial charge in [-0.1, -0.05) is 44.2 Å². The number of anilines is 2. The van der Waals surface area contributed by atoms with Crippen molar-refractivity contribution in [3.8, 4) is 11.1 Å². The number of furan rings is 1. The molecule has 4 rings (SSSR count). The monoisotopic (exact) mass is 641 g/mol. The number of nitrogens with one attached hydrogen (secondary N) is 2. The number of hydrogen-bond donors (Lipinski definition) is 2. The number of sulfonamides is 2. The fourth-order valence-electron chi connectivity index (χ4n) is 4.68. The lowest BCUT2D eigenvalue weighted by Gasteiger charge is -2.19. The highest BCUT2D eigenvalue weighted by Gasteiger charge is 2.29. The second-order valence-electron chi connectivity index (χ2n) is 10.5. The lowest BCUT2D eigenvalue weighted by molar-refractivity contribution is -0.143. The van der Waals surface area contributed by atoms with Crippen LogP contribution in [0.15, 0.2) is 76.0 Å².